The van der Waals surface area contributed by atoms with Gasteiger partial charge in [0.05, 0.1) is 5.69 Å². The number of aromatic amines is 1. The van der Waals surface area contributed by atoms with E-state index in [9.17, 15) is 0 Å². The van der Waals surface area contributed by atoms with Gasteiger partial charge in [-0.15, -0.1) is 0 Å². The first kappa shape index (κ1) is 7.26. The highest BCUT2D eigenvalue weighted by Crippen LogP contribution is 2.36. The molecule has 0 saturated heterocycles. The molecule has 4 heteroatoms. The lowest BCUT2D eigenvalue weighted by molar-refractivity contribution is 1.13. The molecule has 1 N–H and O–H groups in total. The van der Waals surface area contributed by atoms with E-state index >= 15 is 0 Å². The van der Waals surface area contributed by atoms with Crippen molar-refractivity contribution in [2.24, 2.45) is 0 Å². The molecule has 1 aromatic rings. The molecule has 0 atom stereocenters. The molecule has 0 aliphatic carbocycles. The van der Waals surface area contributed by atoms with E-state index in [1.165, 1.54) is 0 Å². The molecular formula is C5H4Cl3N. The van der Waals surface area contributed by atoms with E-state index in [2.05, 4.69) is 4.98 Å². The van der Waals surface area contributed by atoms with Gasteiger partial charge in [-0.2, -0.15) is 0 Å². The van der Waals surface area contributed by atoms with Crippen LogP contribution in [0, 0.1) is 0 Å². The summed E-state index contributed by atoms with van der Waals surface area (Å²) in [5.74, 6) is 0. The molecule has 0 bridgehead atoms. The fraction of sp³-hybridized carbons (Fsp3) is 0.200. The monoisotopic (exact) mass is 183 g/mol. The Bertz CT molecular complexity index is 175. The van der Waals surface area contributed by atoms with Crippen molar-refractivity contribution in [1.29, 1.82) is 0 Å². The van der Waals surface area contributed by atoms with Crippen LogP contribution in [0.2, 0.25) is 0 Å². The Morgan fingerprint density at radius 1 is 1.33 bits per heavy atom. The fourth-order valence-electron chi connectivity index (χ4n) is 0.507. The molecule has 0 aliphatic heterocycles. The molecule has 0 radical (unpaired) electrons. The van der Waals surface area contributed by atoms with Gasteiger partial charge in [-0.05, 0) is 12.1 Å². The number of hydrogen-bond donors (Lipinski definition) is 1. The molecule has 0 fully saturated rings. The van der Waals surface area contributed by atoms with Gasteiger partial charge in [0.25, 0.3) is 0 Å². The topological polar surface area (TPSA) is 15.8 Å². The van der Waals surface area contributed by atoms with Crippen molar-refractivity contribution in [3.8, 4) is 0 Å². The van der Waals surface area contributed by atoms with Gasteiger partial charge in [0.2, 0.25) is 3.79 Å². The molecule has 0 spiro atoms. The second-order valence-electron chi connectivity index (χ2n) is 1.58. The van der Waals surface area contributed by atoms with E-state index in [0.717, 1.165) is 0 Å². The molecule has 0 saturated carbocycles. The van der Waals surface area contributed by atoms with Crippen molar-refractivity contribution in [3.05, 3.63) is 24.0 Å². The summed E-state index contributed by atoms with van der Waals surface area (Å²) in [6.45, 7) is 0. The van der Waals surface area contributed by atoms with E-state index in [4.69, 9.17) is 34.8 Å². The van der Waals surface area contributed by atoms with Crippen molar-refractivity contribution in [3.63, 3.8) is 0 Å². The number of rotatable bonds is 0. The smallest absolute Gasteiger partial charge is 0.230 e. The highest BCUT2D eigenvalue weighted by Gasteiger charge is 2.22. The molecule has 50 valence electrons. The molecule has 1 aromatic heterocycles. The summed E-state index contributed by atoms with van der Waals surface area (Å²) >= 11 is 16.5. The Kier molecular flexibility index (Phi) is 1.94. The third kappa shape index (κ3) is 1.78. The number of hydrogen-bond acceptors (Lipinski definition) is 0. The summed E-state index contributed by atoms with van der Waals surface area (Å²) < 4.78 is -1.32. The van der Waals surface area contributed by atoms with Crippen LogP contribution in [0.1, 0.15) is 5.69 Å². The highest BCUT2D eigenvalue weighted by atomic mass is 35.6. The van der Waals surface area contributed by atoms with Crippen molar-refractivity contribution >= 4 is 34.8 Å². The molecule has 0 amide bonds. The Balaban J connectivity index is 2.90. The second-order valence-corrected chi connectivity index (χ2v) is 3.86. The summed E-state index contributed by atoms with van der Waals surface area (Å²) in [6, 6.07) is 3.49. The maximum atomic E-state index is 5.50. The highest BCUT2D eigenvalue weighted by molar-refractivity contribution is 6.66. The summed E-state index contributed by atoms with van der Waals surface area (Å²) in [5.41, 5.74) is 0.590. The molecule has 1 nitrogen and oxygen atoms in total. The van der Waals surface area contributed by atoms with Gasteiger partial charge < -0.3 is 4.98 Å². The minimum absolute atomic E-state index is 0.590. The standard InChI is InChI=1S/C5H4Cl3N/c6-5(7,8)4-2-1-3-9-4/h1-3,9H. The van der Waals surface area contributed by atoms with Crippen molar-refractivity contribution in [2.75, 3.05) is 0 Å². The van der Waals surface area contributed by atoms with Gasteiger partial charge in [0.1, 0.15) is 0 Å². The van der Waals surface area contributed by atoms with Crippen LogP contribution in [-0.4, -0.2) is 4.98 Å². The fourth-order valence-corrected chi connectivity index (χ4v) is 0.859. The Hall–Kier alpha value is 0.150. The first-order valence-electron chi connectivity index (χ1n) is 2.31. The molecule has 0 aliphatic rings. The largest absolute Gasteiger partial charge is 0.362 e. The number of H-pyrrole nitrogens is 1. The van der Waals surface area contributed by atoms with Crippen LogP contribution < -0.4 is 0 Å². The maximum absolute atomic E-state index is 5.50. The number of aromatic nitrogens is 1. The van der Waals surface area contributed by atoms with Crippen LogP contribution in [0.15, 0.2) is 18.3 Å². The third-order valence-electron chi connectivity index (χ3n) is 0.903. The molecule has 9 heavy (non-hydrogen) atoms. The van der Waals surface area contributed by atoms with Crippen molar-refractivity contribution < 1.29 is 0 Å². The quantitative estimate of drug-likeness (QED) is 0.597. The zero-order valence-electron chi connectivity index (χ0n) is 4.37. The summed E-state index contributed by atoms with van der Waals surface area (Å²) in [7, 11) is 0. The Morgan fingerprint density at radius 2 is 2.00 bits per heavy atom. The Labute approximate surface area is 67.9 Å². The van der Waals surface area contributed by atoms with Crippen LogP contribution in [0.4, 0.5) is 0 Å². The van der Waals surface area contributed by atoms with Gasteiger partial charge in [-0.25, -0.2) is 0 Å². The molecule has 1 rings (SSSR count). The second kappa shape index (κ2) is 2.41. The first-order valence-corrected chi connectivity index (χ1v) is 3.44. The lowest BCUT2D eigenvalue weighted by Gasteiger charge is -2.06. The summed E-state index contributed by atoms with van der Waals surface area (Å²) in [4.78, 5) is 2.78. The zero-order chi connectivity index (χ0) is 6.91. The van der Waals surface area contributed by atoms with Gasteiger partial charge in [0.15, 0.2) is 0 Å². The average Bonchev–Trinajstić information content (AvgIpc) is 2.08. The summed E-state index contributed by atoms with van der Waals surface area (Å²) in [5, 5.41) is 0. The van der Waals surface area contributed by atoms with Gasteiger partial charge in [-0.3, -0.25) is 0 Å². The first-order chi connectivity index (χ1) is 4.11. The molecule has 0 aromatic carbocycles. The van der Waals surface area contributed by atoms with E-state index in [0.29, 0.717) is 5.69 Å². The minimum atomic E-state index is -1.32. The predicted molar refractivity (Wildman–Crippen MR) is 40.0 cm³/mol. The molecule has 1 heterocycles. The number of nitrogens with one attached hydrogen (secondary N) is 1. The predicted octanol–water partition coefficient (Wildman–Crippen LogP) is 2.84. The molecular weight excluding hydrogens is 180 g/mol. The van der Waals surface area contributed by atoms with Crippen LogP contribution >= 0.6 is 34.8 Å². The summed E-state index contributed by atoms with van der Waals surface area (Å²) in [6.07, 6.45) is 1.71. The van der Waals surface area contributed by atoms with E-state index in [1.54, 1.807) is 18.3 Å². The van der Waals surface area contributed by atoms with Gasteiger partial charge >= 0.3 is 0 Å². The van der Waals surface area contributed by atoms with Crippen molar-refractivity contribution in [2.45, 2.75) is 3.79 Å². The lowest BCUT2D eigenvalue weighted by atomic mass is 10.5. The normalized spacial score (nSPS) is 11.9. The lowest BCUT2D eigenvalue weighted by Crippen LogP contribution is -1.98. The van der Waals surface area contributed by atoms with E-state index in [-0.39, 0.29) is 0 Å². The average molecular weight is 184 g/mol. The van der Waals surface area contributed by atoms with Crippen LogP contribution in [-0.2, 0) is 3.79 Å². The van der Waals surface area contributed by atoms with Crippen LogP contribution in [0.25, 0.3) is 0 Å². The van der Waals surface area contributed by atoms with Crippen LogP contribution in [0.3, 0.4) is 0 Å². The maximum Gasteiger partial charge on any atom is 0.230 e. The van der Waals surface area contributed by atoms with Crippen LogP contribution in [0.5, 0.6) is 0 Å². The number of alkyl halides is 3. The van der Waals surface area contributed by atoms with E-state index in [1.807, 2.05) is 0 Å². The number of halogens is 3. The molecule has 0 unspecified atom stereocenters. The SMILES string of the molecule is ClC(Cl)(Cl)c1ccc[nH]1. The van der Waals surface area contributed by atoms with Crippen molar-refractivity contribution in [1.82, 2.24) is 4.98 Å². The van der Waals surface area contributed by atoms with Gasteiger partial charge in [-0.1, -0.05) is 34.8 Å². The minimum Gasteiger partial charge on any atom is -0.362 e. The van der Waals surface area contributed by atoms with Gasteiger partial charge in [0, 0.05) is 6.20 Å². The Morgan fingerprint density at radius 3 is 2.22 bits per heavy atom. The van der Waals surface area contributed by atoms with E-state index < -0.39 is 3.79 Å². The third-order valence-corrected chi connectivity index (χ3v) is 1.51. The zero-order valence-corrected chi connectivity index (χ0v) is 6.63.